The normalized spacial score (nSPS) is 10.8. The number of rotatable bonds is 3. The van der Waals surface area contributed by atoms with Gasteiger partial charge < -0.3 is 10.4 Å². The Kier molecular flexibility index (Phi) is 3.48. The number of aryl methyl sites for hydroxylation is 1. The van der Waals surface area contributed by atoms with Gasteiger partial charge in [-0.15, -0.1) is 0 Å². The third kappa shape index (κ3) is 2.68. The van der Waals surface area contributed by atoms with Gasteiger partial charge in [0.05, 0.1) is 0 Å². The molecular weight excluding hydrogens is 265 g/mol. The predicted octanol–water partition coefficient (Wildman–Crippen LogP) is 4.61. The summed E-state index contributed by atoms with van der Waals surface area (Å²) in [5, 5.41) is 15.5. The fourth-order valence-corrected chi connectivity index (χ4v) is 2.52. The molecule has 0 radical (unpaired) electrons. The molecule has 0 amide bonds. The Bertz CT molecular complexity index is 798. The molecule has 0 spiro atoms. The second-order valence-electron chi connectivity index (χ2n) is 5.10. The highest BCUT2D eigenvalue weighted by Crippen LogP contribution is 2.28. The van der Waals surface area contributed by atoms with Crippen LogP contribution in [-0.4, -0.2) is 5.11 Å². The zero-order valence-electron chi connectivity index (χ0n) is 11.7. The summed E-state index contributed by atoms with van der Waals surface area (Å²) in [6.07, 6.45) is 0. The van der Waals surface area contributed by atoms with Gasteiger partial charge in [-0.05, 0) is 47.5 Å². The summed E-state index contributed by atoms with van der Waals surface area (Å²) >= 11 is 0. The van der Waals surface area contributed by atoms with E-state index in [9.17, 15) is 9.50 Å². The molecule has 2 nitrogen and oxygen atoms in total. The topological polar surface area (TPSA) is 32.3 Å². The van der Waals surface area contributed by atoms with Crippen LogP contribution >= 0.6 is 0 Å². The third-order valence-electron chi connectivity index (χ3n) is 3.66. The summed E-state index contributed by atoms with van der Waals surface area (Å²) in [6, 6.07) is 16.2. The Morgan fingerprint density at radius 3 is 2.67 bits per heavy atom. The molecule has 0 aliphatic heterocycles. The van der Waals surface area contributed by atoms with Crippen LogP contribution in [-0.2, 0) is 6.54 Å². The number of hydrogen-bond donors (Lipinski definition) is 2. The molecule has 0 saturated carbocycles. The largest absolute Gasteiger partial charge is 0.508 e. The van der Waals surface area contributed by atoms with Gasteiger partial charge in [-0.3, -0.25) is 0 Å². The van der Waals surface area contributed by atoms with Crippen molar-refractivity contribution < 1.29 is 9.50 Å². The molecule has 0 fully saturated rings. The Balaban J connectivity index is 1.93. The first-order valence-electron chi connectivity index (χ1n) is 6.85. The smallest absolute Gasteiger partial charge is 0.123 e. The number of fused-ring (bicyclic) bond motifs is 1. The monoisotopic (exact) mass is 281 g/mol. The van der Waals surface area contributed by atoms with Crippen LogP contribution in [0.2, 0.25) is 0 Å². The molecule has 21 heavy (non-hydrogen) atoms. The van der Waals surface area contributed by atoms with Crippen molar-refractivity contribution in [3.63, 3.8) is 0 Å². The molecule has 3 aromatic rings. The number of halogens is 1. The first-order valence-corrected chi connectivity index (χ1v) is 6.85. The van der Waals surface area contributed by atoms with Gasteiger partial charge in [0.25, 0.3) is 0 Å². The highest BCUT2D eigenvalue weighted by molar-refractivity contribution is 5.87. The summed E-state index contributed by atoms with van der Waals surface area (Å²) in [4.78, 5) is 0. The predicted molar refractivity (Wildman–Crippen MR) is 84.1 cm³/mol. The molecule has 0 aliphatic rings. The summed E-state index contributed by atoms with van der Waals surface area (Å²) in [7, 11) is 0. The summed E-state index contributed by atoms with van der Waals surface area (Å²) in [5.41, 5.74) is 2.55. The van der Waals surface area contributed by atoms with Crippen LogP contribution in [0.15, 0.2) is 54.6 Å². The van der Waals surface area contributed by atoms with E-state index in [0.717, 1.165) is 27.6 Å². The van der Waals surface area contributed by atoms with Gasteiger partial charge in [-0.1, -0.05) is 30.3 Å². The van der Waals surface area contributed by atoms with E-state index < -0.39 is 0 Å². The van der Waals surface area contributed by atoms with E-state index in [1.54, 1.807) is 12.1 Å². The van der Waals surface area contributed by atoms with Gasteiger partial charge >= 0.3 is 0 Å². The first kappa shape index (κ1) is 13.4. The molecule has 2 N–H and O–H groups in total. The van der Waals surface area contributed by atoms with Crippen LogP contribution in [0.25, 0.3) is 10.8 Å². The highest BCUT2D eigenvalue weighted by atomic mass is 19.1. The maximum Gasteiger partial charge on any atom is 0.123 e. The fraction of sp³-hybridized carbons (Fsp3) is 0.111. The van der Waals surface area contributed by atoms with E-state index in [2.05, 4.69) is 5.32 Å². The lowest BCUT2D eigenvalue weighted by atomic mass is 10.0. The van der Waals surface area contributed by atoms with E-state index in [-0.39, 0.29) is 11.6 Å². The maximum atomic E-state index is 13.1. The molecule has 0 bridgehead atoms. The lowest BCUT2D eigenvalue weighted by Gasteiger charge is -2.13. The summed E-state index contributed by atoms with van der Waals surface area (Å²) < 4.78 is 13.1. The summed E-state index contributed by atoms with van der Waals surface area (Å²) in [6.45, 7) is 2.34. The standard InChI is InChI=1S/C18H16FNO/c1-12-10-14(19)7-8-17(12)20-11-16-15-5-3-2-4-13(15)6-9-18(16)21/h2-10,20-21H,11H2,1H3. The molecule has 3 rings (SSSR count). The van der Waals surface area contributed by atoms with E-state index >= 15 is 0 Å². The zero-order chi connectivity index (χ0) is 14.8. The molecule has 0 unspecified atom stereocenters. The Morgan fingerprint density at radius 2 is 1.86 bits per heavy atom. The van der Waals surface area contributed by atoms with Crippen LogP contribution < -0.4 is 5.32 Å². The number of benzene rings is 3. The molecule has 0 aliphatic carbocycles. The average Bonchev–Trinajstić information content (AvgIpc) is 2.48. The maximum absolute atomic E-state index is 13.1. The number of hydrogen-bond acceptors (Lipinski definition) is 2. The van der Waals surface area contributed by atoms with Gasteiger partial charge in [-0.25, -0.2) is 4.39 Å². The van der Waals surface area contributed by atoms with Crippen molar-refractivity contribution in [2.75, 3.05) is 5.32 Å². The van der Waals surface area contributed by atoms with E-state index in [4.69, 9.17) is 0 Å². The number of anilines is 1. The lowest BCUT2D eigenvalue weighted by molar-refractivity contribution is 0.470. The van der Waals surface area contributed by atoms with Crippen LogP contribution in [0, 0.1) is 12.7 Å². The number of nitrogens with one attached hydrogen (secondary N) is 1. The molecule has 0 aromatic heterocycles. The van der Waals surface area contributed by atoms with E-state index in [0.29, 0.717) is 6.54 Å². The van der Waals surface area contributed by atoms with Crippen LogP contribution in [0.1, 0.15) is 11.1 Å². The molecule has 3 heteroatoms. The van der Waals surface area contributed by atoms with Crippen molar-refractivity contribution in [3.8, 4) is 5.75 Å². The van der Waals surface area contributed by atoms with Crippen molar-refractivity contribution in [3.05, 3.63) is 71.5 Å². The van der Waals surface area contributed by atoms with Gasteiger partial charge in [0, 0.05) is 17.8 Å². The van der Waals surface area contributed by atoms with Crippen LogP contribution in [0.3, 0.4) is 0 Å². The third-order valence-corrected chi connectivity index (χ3v) is 3.66. The minimum Gasteiger partial charge on any atom is -0.508 e. The Morgan fingerprint density at radius 1 is 1.05 bits per heavy atom. The van der Waals surface area contributed by atoms with E-state index in [1.165, 1.54) is 12.1 Å². The number of phenolic OH excluding ortho intramolecular Hbond substituents is 1. The fourth-order valence-electron chi connectivity index (χ4n) is 2.52. The highest BCUT2D eigenvalue weighted by Gasteiger charge is 2.07. The number of aromatic hydroxyl groups is 1. The molecule has 0 heterocycles. The van der Waals surface area contributed by atoms with Crippen molar-refractivity contribution in [1.82, 2.24) is 0 Å². The van der Waals surface area contributed by atoms with Crippen molar-refractivity contribution in [2.24, 2.45) is 0 Å². The van der Waals surface area contributed by atoms with Gasteiger partial charge in [0.2, 0.25) is 0 Å². The van der Waals surface area contributed by atoms with Crippen molar-refractivity contribution in [1.29, 1.82) is 0 Å². The number of phenols is 1. The van der Waals surface area contributed by atoms with Gasteiger partial charge in [0.1, 0.15) is 11.6 Å². The minimum absolute atomic E-state index is 0.244. The molecular formula is C18H16FNO. The second-order valence-corrected chi connectivity index (χ2v) is 5.10. The quantitative estimate of drug-likeness (QED) is 0.735. The Labute approximate surface area is 122 Å². The SMILES string of the molecule is Cc1cc(F)ccc1NCc1c(O)ccc2ccccc12. The van der Waals surface area contributed by atoms with Crippen molar-refractivity contribution in [2.45, 2.75) is 13.5 Å². The van der Waals surface area contributed by atoms with E-state index in [1.807, 2.05) is 37.3 Å². The average molecular weight is 281 g/mol. The van der Waals surface area contributed by atoms with Crippen LogP contribution in [0.4, 0.5) is 10.1 Å². The van der Waals surface area contributed by atoms with Crippen molar-refractivity contribution >= 4 is 16.5 Å². The Hall–Kier alpha value is -2.55. The summed E-state index contributed by atoms with van der Waals surface area (Å²) in [5.74, 6) is 0.0204. The lowest BCUT2D eigenvalue weighted by Crippen LogP contribution is -2.02. The molecule has 106 valence electrons. The second kappa shape index (κ2) is 5.44. The van der Waals surface area contributed by atoms with Gasteiger partial charge in [0.15, 0.2) is 0 Å². The minimum atomic E-state index is -0.244. The molecule has 0 atom stereocenters. The van der Waals surface area contributed by atoms with Crippen LogP contribution in [0.5, 0.6) is 5.75 Å². The molecule has 0 saturated heterocycles. The zero-order valence-corrected chi connectivity index (χ0v) is 11.7. The molecule has 3 aromatic carbocycles. The van der Waals surface area contributed by atoms with Gasteiger partial charge in [-0.2, -0.15) is 0 Å². The first-order chi connectivity index (χ1) is 10.1.